The van der Waals surface area contributed by atoms with Gasteiger partial charge in [0.1, 0.15) is 5.75 Å². The Kier molecular flexibility index (Phi) is 7.78. The zero-order chi connectivity index (χ0) is 28.6. The molecule has 0 aliphatic heterocycles. The molecule has 210 valence electrons. The van der Waals surface area contributed by atoms with Crippen LogP contribution in [0.3, 0.4) is 0 Å². The lowest BCUT2D eigenvalue weighted by molar-refractivity contribution is -0.130. The van der Waals surface area contributed by atoms with Crippen LogP contribution in [0.25, 0.3) is 22.9 Å². The second-order valence-electron chi connectivity index (χ2n) is 10.9. The molecule has 1 fully saturated rings. The fraction of sp³-hybridized carbons (Fsp3) is 0.387. The standard InChI is InChI=1S/C31H35N3O6/c1-17-3-4-20-12-29(24(30(32)38)11-21(20)9-17)40-16-28(37)25-14-34(15-27(36)31(39)33-7-8-35)26-13-22(19-5-6-19)18(2)10-23(25)26/h3-4,9-14,18-19,22,27,35-36H,5-8,15-16H2,1-2H3,(H2,32,38)(H,33,39)/t18?,22?,27-/m0/s1. The average molecular weight is 546 g/mol. The Morgan fingerprint density at radius 3 is 2.60 bits per heavy atom. The number of ketones is 1. The van der Waals surface area contributed by atoms with Gasteiger partial charge in [-0.2, -0.15) is 0 Å². The van der Waals surface area contributed by atoms with Crippen molar-refractivity contribution in [3.63, 3.8) is 0 Å². The van der Waals surface area contributed by atoms with Crippen molar-refractivity contribution in [1.82, 2.24) is 9.88 Å². The fourth-order valence-electron chi connectivity index (χ4n) is 5.57. The van der Waals surface area contributed by atoms with Gasteiger partial charge in [-0.3, -0.25) is 14.4 Å². The number of carbonyl (C=O) groups excluding carboxylic acids is 3. The van der Waals surface area contributed by atoms with Crippen LogP contribution in [-0.2, 0) is 11.3 Å². The molecule has 3 atom stereocenters. The maximum Gasteiger partial charge on any atom is 0.252 e. The van der Waals surface area contributed by atoms with Crippen molar-refractivity contribution in [2.24, 2.45) is 23.5 Å². The number of rotatable bonds is 11. The Morgan fingerprint density at radius 1 is 1.12 bits per heavy atom. The van der Waals surface area contributed by atoms with Gasteiger partial charge in [-0.1, -0.05) is 42.8 Å². The van der Waals surface area contributed by atoms with E-state index < -0.39 is 17.9 Å². The van der Waals surface area contributed by atoms with Crippen LogP contribution in [0, 0.1) is 24.7 Å². The topological polar surface area (TPSA) is 144 Å². The average Bonchev–Trinajstić information content (AvgIpc) is 3.71. The number of carbonyl (C=O) groups is 3. The molecule has 40 heavy (non-hydrogen) atoms. The van der Waals surface area contributed by atoms with Crippen molar-refractivity contribution in [2.75, 3.05) is 19.8 Å². The van der Waals surface area contributed by atoms with Gasteiger partial charge in [-0.05, 0) is 60.4 Å². The number of nitrogens with one attached hydrogen (secondary N) is 1. The minimum atomic E-state index is -1.35. The van der Waals surface area contributed by atoms with E-state index in [1.165, 1.54) is 0 Å². The van der Waals surface area contributed by atoms with Crippen LogP contribution in [0.2, 0.25) is 0 Å². The molecule has 1 heterocycles. The highest BCUT2D eigenvalue weighted by atomic mass is 16.5. The maximum absolute atomic E-state index is 13.5. The third-order valence-electron chi connectivity index (χ3n) is 7.82. The normalized spacial score (nSPS) is 18.8. The van der Waals surface area contributed by atoms with Crippen LogP contribution >= 0.6 is 0 Å². The summed E-state index contributed by atoms with van der Waals surface area (Å²) in [5, 5.41) is 25.3. The van der Waals surface area contributed by atoms with Gasteiger partial charge in [0.05, 0.1) is 18.7 Å². The van der Waals surface area contributed by atoms with Crippen LogP contribution in [0.1, 0.15) is 46.0 Å². The highest BCUT2D eigenvalue weighted by Crippen LogP contribution is 2.42. The summed E-state index contributed by atoms with van der Waals surface area (Å²) in [6.45, 7) is 3.55. The van der Waals surface area contributed by atoms with E-state index in [4.69, 9.17) is 15.6 Å². The van der Waals surface area contributed by atoms with E-state index in [-0.39, 0.29) is 49.3 Å². The molecule has 3 aromatic rings. The lowest BCUT2D eigenvalue weighted by atomic mass is 9.85. The van der Waals surface area contributed by atoms with Crippen LogP contribution in [0.4, 0.5) is 0 Å². The van der Waals surface area contributed by atoms with Gasteiger partial charge in [0.25, 0.3) is 11.8 Å². The maximum atomic E-state index is 13.5. The number of aromatic nitrogens is 1. The smallest absolute Gasteiger partial charge is 0.252 e. The number of aliphatic hydroxyl groups is 2. The monoisotopic (exact) mass is 545 g/mol. The molecule has 0 radical (unpaired) electrons. The zero-order valence-electron chi connectivity index (χ0n) is 22.7. The highest BCUT2D eigenvalue weighted by molar-refractivity contribution is 6.01. The van der Waals surface area contributed by atoms with E-state index >= 15 is 0 Å². The Hall–Kier alpha value is -3.95. The Labute approximate surface area is 231 Å². The van der Waals surface area contributed by atoms with Crippen molar-refractivity contribution in [2.45, 2.75) is 39.3 Å². The Balaban J connectivity index is 1.45. The second-order valence-corrected chi connectivity index (χ2v) is 10.9. The summed E-state index contributed by atoms with van der Waals surface area (Å²) in [4.78, 5) is 38.0. The van der Waals surface area contributed by atoms with Crippen LogP contribution in [0.15, 0.2) is 36.5 Å². The van der Waals surface area contributed by atoms with Crippen LogP contribution in [-0.4, -0.2) is 58.2 Å². The molecule has 5 rings (SSSR count). The van der Waals surface area contributed by atoms with Gasteiger partial charge in [-0.15, -0.1) is 0 Å². The van der Waals surface area contributed by atoms with Gasteiger partial charge >= 0.3 is 0 Å². The van der Waals surface area contributed by atoms with Gasteiger partial charge in [-0.25, -0.2) is 0 Å². The van der Waals surface area contributed by atoms with E-state index in [9.17, 15) is 19.5 Å². The first-order chi connectivity index (χ1) is 19.2. The summed E-state index contributed by atoms with van der Waals surface area (Å²) < 4.78 is 7.64. The molecule has 2 aliphatic rings. The Bertz CT molecular complexity index is 1600. The predicted octanol–water partition coefficient (Wildman–Crippen LogP) is 1.02. The largest absolute Gasteiger partial charge is 0.485 e. The summed E-state index contributed by atoms with van der Waals surface area (Å²) in [7, 11) is 0. The van der Waals surface area contributed by atoms with Crippen molar-refractivity contribution < 1.29 is 29.3 Å². The number of fused-ring (bicyclic) bond motifs is 2. The number of primary amides is 1. The van der Waals surface area contributed by atoms with E-state index in [2.05, 4.69) is 24.4 Å². The predicted molar refractivity (Wildman–Crippen MR) is 151 cm³/mol. The number of Topliss-reactive ketones (excluding diaryl/α,β-unsaturated/α-hetero) is 1. The molecule has 2 amide bonds. The first-order valence-electron chi connectivity index (χ1n) is 13.7. The number of amides is 2. The van der Waals surface area contributed by atoms with E-state index in [0.29, 0.717) is 17.4 Å². The highest BCUT2D eigenvalue weighted by Gasteiger charge is 2.34. The third kappa shape index (κ3) is 5.66. The number of ether oxygens (including phenoxy) is 1. The van der Waals surface area contributed by atoms with Gasteiger partial charge in [0, 0.05) is 28.9 Å². The molecule has 0 saturated heterocycles. The minimum Gasteiger partial charge on any atom is -0.485 e. The quantitative estimate of drug-likeness (QED) is 0.265. The molecule has 1 aromatic heterocycles. The molecular weight excluding hydrogens is 510 g/mol. The molecule has 5 N–H and O–H groups in total. The number of nitrogens with zero attached hydrogens (tertiary/aromatic N) is 1. The second kappa shape index (κ2) is 11.3. The molecule has 9 heteroatoms. The molecule has 9 nitrogen and oxygen atoms in total. The summed E-state index contributed by atoms with van der Waals surface area (Å²) >= 11 is 0. The lowest BCUT2D eigenvalue weighted by Gasteiger charge is -2.21. The first-order valence-corrected chi connectivity index (χ1v) is 13.7. The molecular formula is C31H35N3O6. The number of hydrogen-bond donors (Lipinski definition) is 4. The molecule has 0 bridgehead atoms. The van der Waals surface area contributed by atoms with Crippen molar-refractivity contribution in [1.29, 1.82) is 0 Å². The minimum absolute atomic E-state index is 0.0419. The van der Waals surface area contributed by atoms with Crippen molar-refractivity contribution in [3.8, 4) is 5.75 Å². The zero-order valence-corrected chi connectivity index (χ0v) is 22.7. The van der Waals surface area contributed by atoms with Crippen LogP contribution < -0.4 is 26.4 Å². The summed E-state index contributed by atoms with van der Waals surface area (Å²) in [6.07, 6.45) is 6.88. The SMILES string of the molecule is Cc1ccc2cc(OCC(=O)c3cn(C[C@H](O)C(=O)NCCO)c4c3=CC(C)C(C3CC3)C=4)c(C(N)=O)cc2c1. The lowest BCUT2D eigenvalue weighted by Crippen LogP contribution is -2.43. The van der Waals surface area contributed by atoms with Crippen LogP contribution in [0.5, 0.6) is 5.75 Å². The summed E-state index contributed by atoms with van der Waals surface area (Å²) in [5.74, 6) is -0.163. The third-order valence-corrected chi connectivity index (χ3v) is 7.82. The van der Waals surface area contributed by atoms with Gasteiger partial charge in [0.15, 0.2) is 12.7 Å². The number of aliphatic hydroxyl groups excluding tert-OH is 2. The number of benzene rings is 2. The first kappa shape index (κ1) is 27.6. The molecule has 0 spiro atoms. The Morgan fingerprint density at radius 2 is 1.90 bits per heavy atom. The number of nitrogens with two attached hydrogens (primary N) is 1. The molecule has 2 aromatic carbocycles. The number of hydrogen-bond acceptors (Lipinski definition) is 6. The van der Waals surface area contributed by atoms with Crippen molar-refractivity contribution in [3.05, 3.63) is 63.8 Å². The van der Waals surface area contributed by atoms with E-state index in [1.54, 1.807) is 22.9 Å². The fourth-order valence-corrected chi connectivity index (χ4v) is 5.57. The molecule has 2 aliphatic carbocycles. The molecule has 1 saturated carbocycles. The molecule has 2 unspecified atom stereocenters. The van der Waals surface area contributed by atoms with Crippen molar-refractivity contribution >= 4 is 40.5 Å². The van der Waals surface area contributed by atoms with Gasteiger partial charge < -0.3 is 30.6 Å². The summed E-state index contributed by atoms with van der Waals surface area (Å²) in [5.41, 5.74) is 7.29. The van der Waals surface area contributed by atoms with E-state index in [0.717, 1.165) is 39.7 Å². The summed E-state index contributed by atoms with van der Waals surface area (Å²) in [6, 6.07) is 9.22. The number of aryl methyl sites for hydroxylation is 1. The van der Waals surface area contributed by atoms with E-state index in [1.807, 2.05) is 25.1 Å². The van der Waals surface area contributed by atoms with Gasteiger partial charge in [0.2, 0.25) is 5.78 Å².